The van der Waals surface area contributed by atoms with Crippen LogP contribution < -0.4 is 33.2 Å². The van der Waals surface area contributed by atoms with Gasteiger partial charge in [0.2, 0.25) is 17.7 Å². The number of rotatable bonds is 18. The number of amides is 3. The molecular weight excluding hydrogens is 560 g/mol. The van der Waals surface area contributed by atoms with Crippen molar-refractivity contribution in [2.75, 3.05) is 18.6 Å². The molecule has 0 bridgehead atoms. The fourth-order valence-corrected chi connectivity index (χ4v) is 4.79. The summed E-state index contributed by atoms with van der Waals surface area (Å²) in [4.78, 5) is 58.8. The molecule has 3 amide bonds. The molecule has 0 saturated heterocycles. The summed E-state index contributed by atoms with van der Waals surface area (Å²) in [6, 6.07) is 3.42. The molecule has 0 radical (unpaired) electrons. The number of aromatic amines is 1. The van der Waals surface area contributed by atoms with Crippen molar-refractivity contribution in [1.82, 2.24) is 20.9 Å². The van der Waals surface area contributed by atoms with E-state index >= 15 is 0 Å². The van der Waals surface area contributed by atoms with Crippen LogP contribution >= 0.6 is 11.8 Å². The molecule has 232 valence electrons. The largest absolute Gasteiger partial charge is 0.480 e. The number of carbonyl (C=O) groups is 4. The normalized spacial score (nSPS) is 14.7. The van der Waals surface area contributed by atoms with Crippen molar-refractivity contribution in [3.63, 3.8) is 0 Å². The van der Waals surface area contributed by atoms with Crippen molar-refractivity contribution in [2.45, 2.75) is 70.1 Å². The van der Waals surface area contributed by atoms with Gasteiger partial charge in [-0.05, 0) is 48.8 Å². The minimum absolute atomic E-state index is 0.0749. The number of carbonyl (C=O) groups excluding carboxylic acids is 3. The van der Waals surface area contributed by atoms with E-state index in [4.69, 9.17) is 17.2 Å². The molecule has 1 heterocycles. The number of H-pyrrole nitrogens is 1. The van der Waals surface area contributed by atoms with Gasteiger partial charge >= 0.3 is 5.97 Å². The number of nitrogens with zero attached hydrogens (tertiary/aromatic N) is 1. The van der Waals surface area contributed by atoms with E-state index in [9.17, 15) is 24.3 Å². The monoisotopic (exact) mass is 604 g/mol. The SMILES string of the molecule is CCC(C)C(N)C(=O)NC(CCSC)C(=O)NC(Cc1c[nH]c2ccccc12)C(=O)NC(CCCN=C(N)N)C(=O)O. The van der Waals surface area contributed by atoms with Gasteiger partial charge in [0.05, 0.1) is 6.04 Å². The highest BCUT2D eigenvalue weighted by Gasteiger charge is 2.31. The van der Waals surface area contributed by atoms with Gasteiger partial charge in [-0.25, -0.2) is 4.79 Å². The van der Waals surface area contributed by atoms with Crippen LogP contribution in [-0.4, -0.2) is 82.5 Å². The molecule has 0 aliphatic carbocycles. The molecule has 1 aromatic carbocycles. The molecule has 1 aromatic heterocycles. The third-order valence-corrected chi connectivity index (χ3v) is 7.74. The first-order valence-electron chi connectivity index (χ1n) is 14.0. The van der Waals surface area contributed by atoms with E-state index in [1.54, 1.807) is 6.20 Å². The third-order valence-electron chi connectivity index (χ3n) is 7.10. The number of carboxylic acid groups (broad SMARTS) is 1. The van der Waals surface area contributed by atoms with Crippen molar-refractivity contribution in [1.29, 1.82) is 0 Å². The average molecular weight is 605 g/mol. The number of para-hydroxylation sites is 1. The number of hydrogen-bond acceptors (Lipinski definition) is 7. The second-order valence-electron chi connectivity index (χ2n) is 10.2. The minimum Gasteiger partial charge on any atom is -0.480 e. The van der Waals surface area contributed by atoms with Crippen molar-refractivity contribution < 1.29 is 24.3 Å². The Morgan fingerprint density at radius 2 is 1.64 bits per heavy atom. The van der Waals surface area contributed by atoms with E-state index in [0.29, 0.717) is 25.0 Å². The molecule has 2 rings (SSSR count). The van der Waals surface area contributed by atoms with Gasteiger partial charge < -0.3 is 43.2 Å². The number of carboxylic acids is 1. The van der Waals surface area contributed by atoms with Crippen LogP contribution in [0.2, 0.25) is 0 Å². The molecule has 42 heavy (non-hydrogen) atoms. The molecule has 0 saturated carbocycles. The number of nitrogens with two attached hydrogens (primary N) is 3. The van der Waals surface area contributed by atoms with E-state index in [2.05, 4.69) is 25.9 Å². The number of guanidine groups is 1. The highest BCUT2D eigenvalue weighted by atomic mass is 32.2. The van der Waals surface area contributed by atoms with Crippen LogP contribution in [0.15, 0.2) is 35.5 Å². The average Bonchev–Trinajstić information content (AvgIpc) is 3.37. The Balaban J connectivity index is 2.29. The number of aliphatic imine (C=N–C) groups is 1. The molecule has 2 aromatic rings. The number of aromatic nitrogens is 1. The molecule has 13 nitrogen and oxygen atoms in total. The Morgan fingerprint density at radius 1 is 1.00 bits per heavy atom. The summed E-state index contributed by atoms with van der Waals surface area (Å²) in [5, 5.41) is 18.7. The van der Waals surface area contributed by atoms with Gasteiger partial charge in [0.15, 0.2) is 5.96 Å². The van der Waals surface area contributed by atoms with E-state index in [-0.39, 0.29) is 31.3 Å². The van der Waals surface area contributed by atoms with E-state index in [0.717, 1.165) is 16.5 Å². The zero-order valence-electron chi connectivity index (χ0n) is 24.4. The summed E-state index contributed by atoms with van der Waals surface area (Å²) < 4.78 is 0. The fraction of sp³-hybridized carbons (Fsp3) is 0.536. The second kappa shape index (κ2) is 17.2. The Kier molecular flexibility index (Phi) is 14.1. The van der Waals surface area contributed by atoms with Crippen molar-refractivity contribution in [3.8, 4) is 0 Å². The zero-order valence-corrected chi connectivity index (χ0v) is 25.2. The number of hydrogen-bond donors (Lipinski definition) is 8. The Bertz CT molecular complexity index is 1230. The Labute approximate surface area is 250 Å². The standard InChI is InChI=1S/C28H44N8O5S/c1-4-16(2)23(29)26(39)34-20(11-13-42-3)24(37)36-22(14-17-15-33-19-9-6-5-8-18(17)19)25(38)35-21(27(40)41)10-7-12-32-28(30)31/h5-6,8-9,15-16,20-23,33H,4,7,10-14,29H2,1-3H3,(H,34,39)(H,35,38)(H,36,37)(H,40,41)(H4,30,31,32). The van der Waals surface area contributed by atoms with Gasteiger partial charge in [0, 0.05) is 30.1 Å². The van der Waals surface area contributed by atoms with Crippen molar-refractivity contribution >= 4 is 52.3 Å². The molecule has 11 N–H and O–H groups in total. The number of thioether (sulfide) groups is 1. The summed E-state index contributed by atoms with van der Waals surface area (Å²) >= 11 is 1.51. The predicted octanol–water partition coefficient (Wildman–Crippen LogP) is 0.430. The van der Waals surface area contributed by atoms with Crippen LogP contribution in [0.4, 0.5) is 0 Å². The van der Waals surface area contributed by atoms with Gasteiger partial charge in [-0.2, -0.15) is 11.8 Å². The maximum atomic E-state index is 13.5. The third kappa shape index (κ3) is 10.6. The molecule has 5 unspecified atom stereocenters. The van der Waals surface area contributed by atoms with Crippen molar-refractivity contribution in [3.05, 3.63) is 36.0 Å². The zero-order chi connectivity index (χ0) is 31.2. The van der Waals surface area contributed by atoms with Gasteiger partial charge in [0.25, 0.3) is 0 Å². The Hall–Kier alpha value is -3.78. The number of benzene rings is 1. The van der Waals surface area contributed by atoms with Gasteiger partial charge in [0.1, 0.15) is 18.1 Å². The maximum Gasteiger partial charge on any atom is 0.326 e. The molecular formula is C28H44N8O5S. The Morgan fingerprint density at radius 3 is 2.29 bits per heavy atom. The van der Waals surface area contributed by atoms with Gasteiger partial charge in [-0.15, -0.1) is 0 Å². The first-order valence-corrected chi connectivity index (χ1v) is 15.4. The molecule has 14 heteroatoms. The second-order valence-corrected chi connectivity index (χ2v) is 11.2. The summed E-state index contributed by atoms with van der Waals surface area (Å²) in [6.45, 7) is 3.99. The molecule has 0 aliphatic heterocycles. The summed E-state index contributed by atoms with van der Waals surface area (Å²) in [5.41, 5.74) is 18.4. The number of nitrogens with one attached hydrogen (secondary N) is 4. The minimum atomic E-state index is -1.23. The van der Waals surface area contributed by atoms with Crippen LogP contribution in [0, 0.1) is 5.92 Å². The number of fused-ring (bicyclic) bond motifs is 1. The first kappa shape index (κ1) is 34.4. The number of aliphatic carboxylic acids is 1. The molecule has 0 spiro atoms. The van der Waals surface area contributed by atoms with Crippen LogP contribution in [0.25, 0.3) is 10.9 Å². The van der Waals surface area contributed by atoms with Crippen LogP contribution in [0.3, 0.4) is 0 Å². The topological polar surface area (TPSA) is 231 Å². The lowest BCUT2D eigenvalue weighted by atomic mass is 9.99. The first-order chi connectivity index (χ1) is 20.0. The van der Waals surface area contributed by atoms with Gasteiger partial charge in [-0.3, -0.25) is 19.4 Å². The predicted molar refractivity (Wildman–Crippen MR) is 166 cm³/mol. The lowest BCUT2D eigenvalue weighted by Gasteiger charge is -2.26. The van der Waals surface area contributed by atoms with Crippen LogP contribution in [0.1, 0.15) is 45.1 Å². The smallest absolute Gasteiger partial charge is 0.326 e. The highest BCUT2D eigenvalue weighted by Crippen LogP contribution is 2.19. The maximum absolute atomic E-state index is 13.5. The lowest BCUT2D eigenvalue weighted by Crippen LogP contribution is -2.58. The quantitative estimate of drug-likeness (QED) is 0.0669. The van der Waals surface area contributed by atoms with Gasteiger partial charge in [-0.1, -0.05) is 38.5 Å². The molecule has 0 aliphatic rings. The van der Waals surface area contributed by atoms with E-state index < -0.39 is 47.9 Å². The lowest BCUT2D eigenvalue weighted by molar-refractivity contribution is -0.142. The summed E-state index contributed by atoms with van der Waals surface area (Å²) in [6.07, 6.45) is 5.11. The van der Waals surface area contributed by atoms with E-state index in [1.807, 2.05) is 44.4 Å². The fourth-order valence-electron chi connectivity index (χ4n) is 4.32. The van der Waals surface area contributed by atoms with Crippen molar-refractivity contribution in [2.24, 2.45) is 28.1 Å². The summed E-state index contributed by atoms with van der Waals surface area (Å²) in [7, 11) is 0. The van der Waals surface area contributed by atoms with Crippen LogP contribution in [0.5, 0.6) is 0 Å². The summed E-state index contributed by atoms with van der Waals surface area (Å²) in [5.74, 6) is -2.53. The molecule has 0 fully saturated rings. The molecule has 5 atom stereocenters. The van der Waals surface area contributed by atoms with E-state index in [1.165, 1.54) is 11.8 Å². The highest BCUT2D eigenvalue weighted by molar-refractivity contribution is 7.98. The van der Waals surface area contributed by atoms with Crippen LogP contribution in [-0.2, 0) is 25.6 Å².